The summed E-state index contributed by atoms with van der Waals surface area (Å²) in [6.07, 6.45) is 2.69. The van der Waals surface area contributed by atoms with Crippen molar-refractivity contribution in [3.8, 4) is 11.6 Å². The monoisotopic (exact) mass is 284 g/mol. The summed E-state index contributed by atoms with van der Waals surface area (Å²) in [5.74, 6) is -0.483. The van der Waals surface area contributed by atoms with Crippen molar-refractivity contribution in [3.63, 3.8) is 0 Å². The highest BCUT2D eigenvalue weighted by Gasteiger charge is 2.20. The lowest BCUT2D eigenvalue weighted by Crippen LogP contribution is -1.99. The van der Waals surface area contributed by atoms with E-state index >= 15 is 0 Å². The molecule has 7 heteroatoms. The lowest BCUT2D eigenvalue weighted by Gasteiger charge is -1.96. The van der Waals surface area contributed by atoms with E-state index in [1.165, 1.54) is 11.9 Å². The van der Waals surface area contributed by atoms with Crippen molar-refractivity contribution in [1.82, 2.24) is 20.1 Å². The molecular weight excluding hydrogens is 272 g/mol. The molecule has 2 heterocycles. The Hall–Kier alpha value is -2.96. The summed E-state index contributed by atoms with van der Waals surface area (Å²) in [4.78, 5) is 21.6. The van der Waals surface area contributed by atoms with Crippen LogP contribution < -0.4 is 0 Å². The summed E-state index contributed by atoms with van der Waals surface area (Å²) in [7, 11) is 0. The number of benzene rings is 1. The quantitative estimate of drug-likeness (QED) is 0.741. The maximum atomic E-state index is 11.0. The first-order chi connectivity index (χ1) is 10.2. The van der Waals surface area contributed by atoms with Crippen LogP contribution in [0.5, 0.6) is 0 Å². The number of imidazole rings is 1. The lowest BCUT2D eigenvalue weighted by atomic mass is 10.1. The van der Waals surface area contributed by atoms with E-state index in [4.69, 9.17) is 9.63 Å². The Morgan fingerprint density at radius 1 is 1.24 bits per heavy atom. The van der Waals surface area contributed by atoms with Gasteiger partial charge in [-0.15, -0.1) is 0 Å². The minimum atomic E-state index is -1.14. The first kappa shape index (κ1) is 13.0. The average Bonchev–Trinajstić information content (AvgIpc) is 3.15. The largest absolute Gasteiger partial charge is 0.476 e. The molecule has 0 aliphatic rings. The zero-order valence-electron chi connectivity index (χ0n) is 11.0. The highest BCUT2D eigenvalue weighted by Crippen LogP contribution is 2.18. The lowest BCUT2D eigenvalue weighted by molar-refractivity contribution is 0.0691. The van der Waals surface area contributed by atoms with Crippen LogP contribution >= 0.6 is 0 Å². The standard InChI is InChI=1S/C14H12N4O3/c19-14(20)12-11(15-8-16-12)13-17-10(18-21-13)7-6-9-4-2-1-3-5-9/h1-5,8H,6-7H2,(H,15,16)(H,19,20). The second kappa shape index (κ2) is 5.58. The van der Waals surface area contributed by atoms with E-state index in [-0.39, 0.29) is 17.3 Å². The fourth-order valence-electron chi connectivity index (χ4n) is 1.98. The number of H-pyrrole nitrogens is 1. The van der Waals surface area contributed by atoms with Gasteiger partial charge in [-0.05, 0) is 12.0 Å². The van der Waals surface area contributed by atoms with Gasteiger partial charge in [0, 0.05) is 6.42 Å². The number of rotatable bonds is 5. The van der Waals surface area contributed by atoms with Crippen molar-refractivity contribution in [3.05, 3.63) is 53.7 Å². The topological polar surface area (TPSA) is 105 Å². The molecule has 0 radical (unpaired) electrons. The Morgan fingerprint density at radius 3 is 2.81 bits per heavy atom. The molecular formula is C14H12N4O3. The molecule has 3 aromatic rings. The summed E-state index contributed by atoms with van der Waals surface area (Å²) in [5.41, 5.74) is 1.27. The Bertz CT molecular complexity index is 748. The molecule has 0 spiro atoms. The molecule has 0 amide bonds. The minimum Gasteiger partial charge on any atom is -0.476 e. The predicted octanol–water partition coefficient (Wildman–Crippen LogP) is 1.94. The third kappa shape index (κ3) is 2.81. The fraction of sp³-hybridized carbons (Fsp3) is 0.143. The van der Waals surface area contributed by atoms with Crippen LogP contribution in [0.3, 0.4) is 0 Å². The summed E-state index contributed by atoms with van der Waals surface area (Å²) < 4.78 is 5.09. The molecule has 0 fully saturated rings. The summed E-state index contributed by atoms with van der Waals surface area (Å²) >= 11 is 0. The van der Waals surface area contributed by atoms with Crippen molar-refractivity contribution >= 4 is 5.97 Å². The first-order valence-electron chi connectivity index (χ1n) is 6.37. The van der Waals surface area contributed by atoms with E-state index in [2.05, 4.69) is 20.1 Å². The maximum absolute atomic E-state index is 11.0. The molecule has 1 aromatic carbocycles. The number of nitrogens with zero attached hydrogens (tertiary/aromatic N) is 3. The molecule has 0 aliphatic carbocycles. The molecule has 0 aliphatic heterocycles. The van der Waals surface area contributed by atoms with Crippen LogP contribution in [0.1, 0.15) is 21.9 Å². The molecule has 0 saturated heterocycles. The third-order valence-electron chi connectivity index (χ3n) is 3.00. The van der Waals surface area contributed by atoms with Gasteiger partial charge in [0.1, 0.15) is 5.69 Å². The first-order valence-corrected chi connectivity index (χ1v) is 6.37. The van der Waals surface area contributed by atoms with Gasteiger partial charge in [-0.25, -0.2) is 9.78 Å². The summed E-state index contributed by atoms with van der Waals surface area (Å²) in [6.45, 7) is 0. The van der Waals surface area contributed by atoms with Crippen LogP contribution in [0.15, 0.2) is 41.2 Å². The van der Waals surface area contributed by atoms with E-state index < -0.39 is 5.97 Å². The number of carboxylic acid groups (broad SMARTS) is 1. The fourth-order valence-corrected chi connectivity index (χ4v) is 1.98. The van der Waals surface area contributed by atoms with Crippen molar-refractivity contribution in [2.45, 2.75) is 12.8 Å². The third-order valence-corrected chi connectivity index (χ3v) is 3.00. The molecule has 106 valence electrons. The zero-order valence-corrected chi connectivity index (χ0v) is 11.0. The van der Waals surface area contributed by atoms with E-state index in [9.17, 15) is 4.79 Å². The molecule has 2 aromatic heterocycles. The highest BCUT2D eigenvalue weighted by atomic mass is 16.5. The van der Waals surface area contributed by atoms with Gasteiger partial charge in [0.15, 0.2) is 11.5 Å². The zero-order chi connectivity index (χ0) is 14.7. The number of hydrogen-bond donors (Lipinski definition) is 2. The SMILES string of the molecule is O=C(O)c1nc[nH]c1-c1nc(CCc2ccccc2)no1. The maximum Gasteiger partial charge on any atom is 0.356 e. The number of hydrogen-bond acceptors (Lipinski definition) is 5. The van der Waals surface area contributed by atoms with E-state index in [1.54, 1.807) is 0 Å². The Labute approximate surface area is 119 Å². The second-order valence-corrected chi connectivity index (χ2v) is 4.43. The van der Waals surface area contributed by atoms with E-state index in [0.717, 1.165) is 6.42 Å². The molecule has 2 N–H and O–H groups in total. The number of aromatic carboxylic acids is 1. The number of aromatic nitrogens is 4. The smallest absolute Gasteiger partial charge is 0.356 e. The van der Waals surface area contributed by atoms with Crippen molar-refractivity contribution in [1.29, 1.82) is 0 Å². The van der Waals surface area contributed by atoms with Crippen LogP contribution in [0.4, 0.5) is 0 Å². The number of aromatic amines is 1. The molecule has 21 heavy (non-hydrogen) atoms. The Balaban J connectivity index is 1.74. The van der Waals surface area contributed by atoms with Crippen molar-refractivity contribution < 1.29 is 14.4 Å². The van der Waals surface area contributed by atoms with Crippen LogP contribution in [-0.4, -0.2) is 31.2 Å². The molecule has 0 atom stereocenters. The van der Waals surface area contributed by atoms with Gasteiger partial charge in [0.2, 0.25) is 0 Å². The normalized spacial score (nSPS) is 10.7. The van der Waals surface area contributed by atoms with Gasteiger partial charge in [0.25, 0.3) is 5.89 Å². The Morgan fingerprint density at radius 2 is 2.05 bits per heavy atom. The number of nitrogens with one attached hydrogen (secondary N) is 1. The average molecular weight is 284 g/mol. The molecule has 0 bridgehead atoms. The summed E-state index contributed by atoms with van der Waals surface area (Å²) in [6, 6.07) is 9.96. The molecule has 7 nitrogen and oxygen atoms in total. The summed E-state index contributed by atoms with van der Waals surface area (Å²) in [5, 5.41) is 12.9. The molecule has 0 saturated carbocycles. The second-order valence-electron chi connectivity index (χ2n) is 4.43. The van der Waals surface area contributed by atoms with Crippen molar-refractivity contribution in [2.75, 3.05) is 0 Å². The van der Waals surface area contributed by atoms with E-state index in [0.29, 0.717) is 12.2 Å². The number of aryl methyl sites for hydroxylation is 2. The van der Waals surface area contributed by atoms with Gasteiger partial charge in [-0.1, -0.05) is 35.5 Å². The molecule has 3 rings (SSSR count). The van der Waals surface area contributed by atoms with Crippen LogP contribution in [0.2, 0.25) is 0 Å². The van der Waals surface area contributed by atoms with Gasteiger partial charge >= 0.3 is 5.97 Å². The van der Waals surface area contributed by atoms with Crippen LogP contribution in [-0.2, 0) is 12.8 Å². The van der Waals surface area contributed by atoms with Crippen molar-refractivity contribution in [2.24, 2.45) is 0 Å². The Kier molecular flexibility index (Phi) is 3.46. The van der Waals surface area contributed by atoms with Crippen LogP contribution in [0.25, 0.3) is 11.6 Å². The minimum absolute atomic E-state index is 0.131. The van der Waals surface area contributed by atoms with E-state index in [1.807, 2.05) is 30.3 Å². The number of carbonyl (C=O) groups is 1. The predicted molar refractivity (Wildman–Crippen MR) is 72.7 cm³/mol. The van der Waals surface area contributed by atoms with Gasteiger partial charge < -0.3 is 14.6 Å². The molecule has 0 unspecified atom stereocenters. The number of carboxylic acids is 1. The van der Waals surface area contributed by atoms with Gasteiger partial charge in [0.05, 0.1) is 6.33 Å². The highest BCUT2D eigenvalue weighted by molar-refractivity contribution is 5.91. The van der Waals surface area contributed by atoms with Crippen LogP contribution in [0, 0.1) is 0 Å². The van der Waals surface area contributed by atoms with Gasteiger partial charge in [-0.3, -0.25) is 0 Å². The van der Waals surface area contributed by atoms with Gasteiger partial charge in [-0.2, -0.15) is 4.98 Å².